The molecule has 0 rings (SSSR count). The lowest BCUT2D eigenvalue weighted by atomic mass is 9.89. The van der Waals surface area contributed by atoms with Gasteiger partial charge in [0.2, 0.25) is 0 Å². The SMILES string of the molecule is CCCCCCCCC=CC(=O)OCCCCCCCCCC(C)(C)C. The van der Waals surface area contributed by atoms with E-state index in [0.29, 0.717) is 12.0 Å². The predicted molar refractivity (Wildman–Crippen MR) is 114 cm³/mol. The summed E-state index contributed by atoms with van der Waals surface area (Å²) >= 11 is 0. The summed E-state index contributed by atoms with van der Waals surface area (Å²) in [4.78, 5) is 11.6. The summed E-state index contributed by atoms with van der Waals surface area (Å²) in [6.45, 7) is 9.77. The van der Waals surface area contributed by atoms with Gasteiger partial charge in [-0.05, 0) is 31.1 Å². The third kappa shape index (κ3) is 21.3. The first kappa shape index (κ1) is 25.2. The number of ether oxygens (including phenoxy) is 1. The van der Waals surface area contributed by atoms with Crippen molar-refractivity contribution in [2.24, 2.45) is 5.41 Å². The van der Waals surface area contributed by atoms with Gasteiger partial charge in [-0.25, -0.2) is 4.79 Å². The number of hydrogen-bond donors (Lipinski definition) is 0. The maximum Gasteiger partial charge on any atom is 0.330 e. The zero-order chi connectivity index (χ0) is 19.5. The van der Waals surface area contributed by atoms with Gasteiger partial charge in [-0.1, -0.05) is 104 Å². The van der Waals surface area contributed by atoms with Crippen LogP contribution in [0, 0.1) is 5.41 Å². The average molecular weight is 367 g/mol. The average Bonchev–Trinajstić information content (AvgIpc) is 2.58. The second-order valence-corrected chi connectivity index (χ2v) is 8.91. The lowest BCUT2D eigenvalue weighted by Crippen LogP contribution is -2.03. The van der Waals surface area contributed by atoms with Crippen molar-refractivity contribution in [3.8, 4) is 0 Å². The first-order valence-electron chi connectivity index (χ1n) is 11.3. The van der Waals surface area contributed by atoms with Crippen LogP contribution in [0.2, 0.25) is 0 Å². The second kappa shape index (κ2) is 17.6. The molecule has 0 amide bonds. The van der Waals surface area contributed by atoms with Crippen molar-refractivity contribution < 1.29 is 9.53 Å². The van der Waals surface area contributed by atoms with E-state index in [1.807, 2.05) is 6.08 Å². The van der Waals surface area contributed by atoms with E-state index in [-0.39, 0.29) is 5.97 Å². The van der Waals surface area contributed by atoms with Gasteiger partial charge < -0.3 is 4.74 Å². The summed E-state index contributed by atoms with van der Waals surface area (Å²) in [7, 11) is 0. The van der Waals surface area contributed by atoms with Crippen LogP contribution in [-0.4, -0.2) is 12.6 Å². The Balaban J connectivity index is 3.29. The molecule has 154 valence electrons. The minimum Gasteiger partial charge on any atom is -0.463 e. The molecule has 0 aliphatic carbocycles. The van der Waals surface area contributed by atoms with Crippen LogP contribution < -0.4 is 0 Å². The molecule has 0 saturated carbocycles. The van der Waals surface area contributed by atoms with Gasteiger partial charge in [-0.3, -0.25) is 0 Å². The summed E-state index contributed by atoms with van der Waals surface area (Å²) in [5, 5.41) is 0. The van der Waals surface area contributed by atoms with Crippen LogP contribution in [0.15, 0.2) is 12.2 Å². The standard InChI is InChI=1S/C24H46O2/c1-5-6-7-8-9-11-14-17-20-23(25)26-22-19-16-13-10-12-15-18-21-24(2,3)4/h17,20H,5-16,18-19,21-22H2,1-4H3. The fourth-order valence-corrected chi connectivity index (χ4v) is 3.08. The lowest BCUT2D eigenvalue weighted by molar-refractivity contribution is -0.137. The molecule has 2 nitrogen and oxygen atoms in total. The Bertz CT molecular complexity index is 339. The molecule has 0 aromatic heterocycles. The Hall–Kier alpha value is -0.790. The Morgan fingerprint density at radius 3 is 1.92 bits per heavy atom. The van der Waals surface area contributed by atoms with Crippen molar-refractivity contribution in [3.05, 3.63) is 12.2 Å². The van der Waals surface area contributed by atoms with E-state index in [1.54, 1.807) is 6.08 Å². The molecule has 0 radical (unpaired) electrons. The summed E-state index contributed by atoms with van der Waals surface area (Å²) in [6.07, 6.45) is 22.5. The van der Waals surface area contributed by atoms with E-state index >= 15 is 0 Å². The number of carbonyl (C=O) groups excluding carboxylic acids is 1. The van der Waals surface area contributed by atoms with Crippen LogP contribution in [0.3, 0.4) is 0 Å². The van der Waals surface area contributed by atoms with Gasteiger partial charge in [0.1, 0.15) is 0 Å². The summed E-state index contributed by atoms with van der Waals surface area (Å²) in [5.74, 6) is -0.168. The minimum absolute atomic E-state index is 0.168. The van der Waals surface area contributed by atoms with Crippen LogP contribution in [0.25, 0.3) is 0 Å². The van der Waals surface area contributed by atoms with Crippen LogP contribution in [0.5, 0.6) is 0 Å². The highest BCUT2D eigenvalue weighted by molar-refractivity contribution is 5.81. The molecule has 0 N–H and O–H groups in total. The van der Waals surface area contributed by atoms with Crippen molar-refractivity contribution >= 4 is 5.97 Å². The maximum absolute atomic E-state index is 11.6. The van der Waals surface area contributed by atoms with Gasteiger partial charge >= 0.3 is 5.97 Å². The third-order valence-corrected chi connectivity index (χ3v) is 4.79. The van der Waals surface area contributed by atoms with Gasteiger partial charge in [-0.2, -0.15) is 0 Å². The molecule has 0 heterocycles. The van der Waals surface area contributed by atoms with E-state index in [4.69, 9.17) is 4.74 Å². The quantitative estimate of drug-likeness (QED) is 0.148. The Morgan fingerprint density at radius 1 is 0.769 bits per heavy atom. The van der Waals surface area contributed by atoms with Crippen molar-refractivity contribution in [1.82, 2.24) is 0 Å². The van der Waals surface area contributed by atoms with E-state index < -0.39 is 0 Å². The van der Waals surface area contributed by atoms with Gasteiger partial charge in [0.25, 0.3) is 0 Å². The second-order valence-electron chi connectivity index (χ2n) is 8.91. The van der Waals surface area contributed by atoms with E-state index in [2.05, 4.69) is 27.7 Å². The Kier molecular flexibility index (Phi) is 17.1. The zero-order valence-electron chi connectivity index (χ0n) is 18.3. The molecule has 0 aliphatic rings. The Labute approximate surface area is 164 Å². The van der Waals surface area contributed by atoms with Crippen LogP contribution >= 0.6 is 0 Å². The van der Waals surface area contributed by atoms with Gasteiger partial charge in [0, 0.05) is 6.08 Å². The molecule has 0 atom stereocenters. The summed E-state index contributed by atoms with van der Waals surface area (Å²) < 4.78 is 5.26. The molecule has 0 aromatic carbocycles. The highest BCUT2D eigenvalue weighted by Crippen LogP contribution is 2.22. The molecule has 0 bridgehead atoms. The molecular weight excluding hydrogens is 320 g/mol. The van der Waals surface area contributed by atoms with Crippen LogP contribution in [0.4, 0.5) is 0 Å². The first-order chi connectivity index (χ1) is 12.5. The number of hydrogen-bond acceptors (Lipinski definition) is 2. The highest BCUT2D eigenvalue weighted by Gasteiger charge is 2.08. The smallest absolute Gasteiger partial charge is 0.330 e. The molecule has 0 aliphatic heterocycles. The summed E-state index contributed by atoms with van der Waals surface area (Å²) in [5.41, 5.74) is 0.479. The lowest BCUT2D eigenvalue weighted by Gasteiger charge is -2.17. The molecule has 0 aromatic rings. The highest BCUT2D eigenvalue weighted by atomic mass is 16.5. The number of rotatable bonds is 17. The van der Waals surface area contributed by atoms with Crippen molar-refractivity contribution in [2.45, 2.75) is 124 Å². The number of allylic oxidation sites excluding steroid dienone is 1. The molecular formula is C24H46O2. The molecule has 2 heteroatoms. The Morgan fingerprint density at radius 2 is 1.31 bits per heavy atom. The molecule has 0 unspecified atom stereocenters. The van der Waals surface area contributed by atoms with Crippen LogP contribution in [0.1, 0.15) is 124 Å². The topological polar surface area (TPSA) is 26.3 Å². The summed E-state index contributed by atoms with van der Waals surface area (Å²) in [6, 6.07) is 0. The largest absolute Gasteiger partial charge is 0.463 e. The molecule has 0 fully saturated rings. The fraction of sp³-hybridized carbons (Fsp3) is 0.875. The minimum atomic E-state index is -0.168. The monoisotopic (exact) mass is 366 g/mol. The van der Waals surface area contributed by atoms with E-state index in [9.17, 15) is 4.79 Å². The number of carbonyl (C=O) groups is 1. The zero-order valence-corrected chi connectivity index (χ0v) is 18.3. The molecule has 26 heavy (non-hydrogen) atoms. The van der Waals surface area contributed by atoms with E-state index in [1.165, 1.54) is 83.5 Å². The van der Waals surface area contributed by atoms with Gasteiger partial charge in [-0.15, -0.1) is 0 Å². The molecule has 0 spiro atoms. The van der Waals surface area contributed by atoms with Crippen LogP contribution in [-0.2, 0) is 9.53 Å². The first-order valence-corrected chi connectivity index (χ1v) is 11.3. The van der Waals surface area contributed by atoms with Crippen molar-refractivity contribution in [3.63, 3.8) is 0 Å². The van der Waals surface area contributed by atoms with Crippen molar-refractivity contribution in [2.75, 3.05) is 6.61 Å². The van der Waals surface area contributed by atoms with E-state index in [0.717, 1.165) is 12.8 Å². The predicted octanol–water partition coefficient (Wildman–Crippen LogP) is 8.00. The fourth-order valence-electron chi connectivity index (χ4n) is 3.08. The normalized spacial score (nSPS) is 12.0. The maximum atomic E-state index is 11.6. The number of unbranched alkanes of at least 4 members (excludes halogenated alkanes) is 12. The van der Waals surface area contributed by atoms with Gasteiger partial charge in [0.15, 0.2) is 0 Å². The van der Waals surface area contributed by atoms with Gasteiger partial charge in [0.05, 0.1) is 6.61 Å². The van der Waals surface area contributed by atoms with Crippen molar-refractivity contribution in [1.29, 1.82) is 0 Å². The molecule has 0 saturated heterocycles. The third-order valence-electron chi connectivity index (χ3n) is 4.79. The number of esters is 1.